The molecular formula is C14H19ClO3. The van der Waals surface area contributed by atoms with Crippen molar-refractivity contribution < 1.29 is 14.6 Å². The van der Waals surface area contributed by atoms with Gasteiger partial charge < -0.3 is 14.6 Å². The molecule has 0 saturated heterocycles. The highest BCUT2D eigenvalue weighted by atomic mass is 35.5. The lowest BCUT2D eigenvalue weighted by Gasteiger charge is -2.20. The van der Waals surface area contributed by atoms with E-state index in [2.05, 4.69) is 0 Å². The Morgan fingerprint density at radius 2 is 2.00 bits per heavy atom. The quantitative estimate of drug-likeness (QED) is 0.906. The Balaban J connectivity index is 2.34. The molecule has 1 aliphatic carbocycles. The normalized spacial score (nSPS) is 17.8. The zero-order valence-electron chi connectivity index (χ0n) is 10.8. The molecule has 1 aliphatic rings. The van der Waals surface area contributed by atoms with Crippen molar-refractivity contribution in [2.45, 2.75) is 44.8 Å². The Hall–Kier alpha value is -0.930. The Morgan fingerprint density at radius 3 is 2.56 bits per heavy atom. The van der Waals surface area contributed by atoms with Gasteiger partial charge in [0.15, 0.2) is 11.5 Å². The van der Waals surface area contributed by atoms with E-state index in [0.717, 1.165) is 12.8 Å². The molecule has 1 fully saturated rings. The van der Waals surface area contributed by atoms with Gasteiger partial charge in [-0.3, -0.25) is 0 Å². The van der Waals surface area contributed by atoms with E-state index < -0.39 is 6.10 Å². The monoisotopic (exact) mass is 270 g/mol. The number of benzene rings is 1. The average Bonchev–Trinajstić information content (AvgIpc) is 2.83. The summed E-state index contributed by atoms with van der Waals surface area (Å²) >= 11 is 6.01. The summed E-state index contributed by atoms with van der Waals surface area (Å²) in [5.74, 6) is 1.22. The number of methoxy groups -OCH3 is 1. The van der Waals surface area contributed by atoms with E-state index in [1.807, 2.05) is 0 Å². The van der Waals surface area contributed by atoms with Crippen molar-refractivity contribution >= 4 is 11.6 Å². The minimum Gasteiger partial charge on any atom is -0.493 e. The van der Waals surface area contributed by atoms with Gasteiger partial charge in [-0.25, -0.2) is 0 Å². The molecule has 3 nitrogen and oxygen atoms in total. The fraction of sp³-hybridized carbons (Fsp3) is 0.571. The molecular weight excluding hydrogens is 252 g/mol. The standard InChI is InChI=1S/C14H19ClO3/c1-9(16)12-7-10(15)8-13(17-2)14(12)18-11-5-3-4-6-11/h7-9,11,16H,3-6H2,1-2H3. The molecule has 1 atom stereocenters. The predicted molar refractivity (Wildman–Crippen MR) is 71.5 cm³/mol. The van der Waals surface area contributed by atoms with Crippen LogP contribution in [-0.4, -0.2) is 18.3 Å². The molecule has 1 unspecified atom stereocenters. The van der Waals surface area contributed by atoms with Crippen LogP contribution in [0.25, 0.3) is 0 Å². The van der Waals surface area contributed by atoms with Crippen molar-refractivity contribution in [2.75, 3.05) is 7.11 Å². The van der Waals surface area contributed by atoms with Crippen molar-refractivity contribution in [3.63, 3.8) is 0 Å². The summed E-state index contributed by atoms with van der Waals surface area (Å²) in [7, 11) is 1.58. The lowest BCUT2D eigenvalue weighted by Crippen LogP contribution is -2.13. The van der Waals surface area contributed by atoms with E-state index in [1.54, 1.807) is 26.2 Å². The van der Waals surface area contributed by atoms with E-state index >= 15 is 0 Å². The van der Waals surface area contributed by atoms with Crippen molar-refractivity contribution in [1.29, 1.82) is 0 Å². The third-order valence-corrected chi connectivity index (χ3v) is 3.52. The molecule has 0 aliphatic heterocycles. The molecule has 1 N–H and O–H groups in total. The second-order valence-electron chi connectivity index (χ2n) is 4.73. The number of aliphatic hydroxyl groups is 1. The van der Waals surface area contributed by atoms with Gasteiger partial charge in [0.1, 0.15) is 0 Å². The smallest absolute Gasteiger partial charge is 0.167 e. The van der Waals surface area contributed by atoms with Gasteiger partial charge in [0.05, 0.1) is 19.3 Å². The highest BCUT2D eigenvalue weighted by molar-refractivity contribution is 6.30. The lowest BCUT2D eigenvalue weighted by molar-refractivity contribution is 0.169. The van der Waals surface area contributed by atoms with Crippen LogP contribution in [0.3, 0.4) is 0 Å². The van der Waals surface area contributed by atoms with E-state index in [1.165, 1.54) is 12.8 Å². The van der Waals surface area contributed by atoms with Crippen LogP contribution in [0.1, 0.15) is 44.3 Å². The lowest BCUT2D eigenvalue weighted by atomic mass is 10.1. The molecule has 1 aromatic rings. The molecule has 100 valence electrons. The summed E-state index contributed by atoms with van der Waals surface area (Å²) in [6.45, 7) is 1.70. The zero-order valence-corrected chi connectivity index (χ0v) is 11.5. The minimum absolute atomic E-state index is 0.220. The number of aliphatic hydroxyl groups excluding tert-OH is 1. The van der Waals surface area contributed by atoms with Gasteiger partial charge >= 0.3 is 0 Å². The first-order valence-corrected chi connectivity index (χ1v) is 6.71. The molecule has 0 heterocycles. The third-order valence-electron chi connectivity index (χ3n) is 3.31. The number of ether oxygens (including phenoxy) is 2. The number of halogens is 1. The van der Waals surface area contributed by atoms with Crippen LogP contribution in [0.2, 0.25) is 5.02 Å². The van der Waals surface area contributed by atoms with Crippen LogP contribution < -0.4 is 9.47 Å². The van der Waals surface area contributed by atoms with Crippen LogP contribution in [0.5, 0.6) is 11.5 Å². The van der Waals surface area contributed by atoms with E-state index in [-0.39, 0.29) is 6.10 Å². The Morgan fingerprint density at radius 1 is 1.33 bits per heavy atom. The van der Waals surface area contributed by atoms with Gasteiger partial charge in [-0.2, -0.15) is 0 Å². The van der Waals surface area contributed by atoms with Gasteiger partial charge in [0.25, 0.3) is 0 Å². The van der Waals surface area contributed by atoms with Crippen molar-refractivity contribution in [1.82, 2.24) is 0 Å². The molecule has 4 heteroatoms. The summed E-state index contributed by atoms with van der Waals surface area (Å²) in [5.41, 5.74) is 0.686. The average molecular weight is 271 g/mol. The summed E-state index contributed by atoms with van der Waals surface area (Å²) in [4.78, 5) is 0. The van der Waals surface area contributed by atoms with E-state index in [9.17, 15) is 5.11 Å². The summed E-state index contributed by atoms with van der Waals surface area (Å²) < 4.78 is 11.3. The maximum absolute atomic E-state index is 9.83. The first kappa shape index (κ1) is 13.5. The molecule has 0 aromatic heterocycles. The van der Waals surface area contributed by atoms with Gasteiger partial charge in [-0.15, -0.1) is 0 Å². The fourth-order valence-electron chi connectivity index (χ4n) is 2.35. The number of hydrogen-bond acceptors (Lipinski definition) is 3. The summed E-state index contributed by atoms with van der Waals surface area (Å²) in [5, 5.41) is 10.4. The second kappa shape index (κ2) is 5.81. The number of rotatable bonds is 4. The minimum atomic E-state index is -0.631. The SMILES string of the molecule is COc1cc(Cl)cc(C(C)O)c1OC1CCCC1. The van der Waals surface area contributed by atoms with Gasteiger partial charge in [0, 0.05) is 16.7 Å². The molecule has 1 aromatic carbocycles. The maximum Gasteiger partial charge on any atom is 0.167 e. The maximum atomic E-state index is 9.83. The third kappa shape index (κ3) is 2.90. The summed E-state index contributed by atoms with van der Waals surface area (Å²) in [6, 6.07) is 3.46. The fourth-order valence-corrected chi connectivity index (χ4v) is 2.57. The summed E-state index contributed by atoms with van der Waals surface area (Å²) in [6.07, 6.45) is 4.11. The predicted octanol–water partition coefficient (Wildman–Crippen LogP) is 3.72. The Labute approximate surface area is 113 Å². The first-order valence-electron chi connectivity index (χ1n) is 6.34. The molecule has 0 radical (unpaired) electrons. The van der Waals surface area contributed by atoms with Crippen LogP contribution in [0.4, 0.5) is 0 Å². The van der Waals surface area contributed by atoms with E-state index in [4.69, 9.17) is 21.1 Å². The van der Waals surface area contributed by atoms with Crippen LogP contribution >= 0.6 is 11.6 Å². The molecule has 2 rings (SSSR count). The van der Waals surface area contributed by atoms with Crippen molar-refractivity contribution in [3.05, 3.63) is 22.7 Å². The topological polar surface area (TPSA) is 38.7 Å². The van der Waals surface area contributed by atoms with Crippen LogP contribution in [0.15, 0.2) is 12.1 Å². The highest BCUT2D eigenvalue weighted by Gasteiger charge is 2.22. The molecule has 18 heavy (non-hydrogen) atoms. The second-order valence-corrected chi connectivity index (χ2v) is 5.16. The van der Waals surface area contributed by atoms with Crippen molar-refractivity contribution in [3.8, 4) is 11.5 Å². The van der Waals surface area contributed by atoms with Crippen LogP contribution in [0, 0.1) is 0 Å². The van der Waals surface area contributed by atoms with Gasteiger partial charge in [0.2, 0.25) is 0 Å². The van der Waals surface area contributed by atoms with Gasteiger partial charge in [-0.1, -0.05) is 11.6 Å². The highest BCUT2D eigenvalue weighted by Crippen LogP contribution is 2.40. The largest absolute Gasteiger partial charge is 0.493 e. The first-order chi connectivity index (χ1) is 8.61. The number of hydrogen-bond donors (Lipinski definition) is 1. The van der Waals surface area contributed by atoms with Crippen LogP contribution in [-0.2, 0) is 0 Å². The Bertz CT molecular complexity index is 412. The van der Waals surface area contributed by atoms with E-state index in [0.29, 0.717) is 22.1 Å². The Kier molecular flexibility index (Phi) is 4.36. The van der Waals surface area contributed by atoms with Crippen molar-refractivity contribution in [2.24, 2.45) is 0 Å². The van der Waals surface area contributed by atoms with Gasteiger partial charge in [-0.05, 0) is 38.7 Å². The molecule has 0 amide bonds. The zero-order chi connectivity index (χ0) is 13.1. The molecule has 0 bridgehead atoms. The molecule has 0 spiro atoms. The molecule has 1 saturated carbocycles.